The normalized spacial score (nSPS) is 11.2. The van der Waals surface area contributed by atoms with Gasteiger partial charge in [0.1, 0.15) is 22.8 Å². The van der Waals surface area contributed by atoms with E-state index in [4.69, 9.17) is 15.2 Å². The molecule has 2 heterocycles. The molecule has 0 fully saturated rings. The van der Waals surface area contributed by atoms with Crippen molar-refractivity contribution in [3.8, 4) is 28.5 Å². The lowest BCUT2D eigenvalue weighted by molar-refractivity contribution is 0.419. The number of fused-ring (bicyclic) bond motifs is 2. The molecule has 0 saturated carbocycles. The zero-order valence-electron chi connectivity index (χ0n) is 18.7. The highest BCUT2D eigenvalue weighted by Crippen LogP contribution is 2.39. The van der Waals surface area contributed by atoms with Gasteiger partial charge in [-0.1, -0.05) is 24.3 Å². The van der Waals surface area contributed by atoms with Gasteiger partial charge in [-0.25, -0.2) is 0 Å². The fourth-order valence-corrected chi connectivity index (χ4v) is 4.38. The number of H-pyrrole nitrogens is 1. The fraction of sp³-hybridized carbons (Fsp3) is 0.179. The molecule has 0 unspecified atom stereocenters. The second-order valence-corrected chi connectivity index (χ2v) is 8.06. The third-order valence-electron chi connectivity index (χ3n) is 5.96. The van der Waals surface area contributed by atoms with Crippen LogP contribution in [0, 0.1) is 0 Å². The van der Waals surface area contributed by atoms with Crippen molar-refractivity contribution in [2.24, 2.45) is 5.73 Å². The minimum atomic E-state index is 0.690. The number of pyridine rings is 1. The number of nitrogens with one attached hydrogen (secondary N) is 1. The lowest BCUT2D eigenvalue weighted by atomic mass is 9.97. The van der Waals surface area contributed by atoms with Crippen LogP contribution in [0.2, 0.25) is 0 Å². The second kappa shape index (κ2) is 9.35. The zero-order valence-corrected chi connectivity index (χ0v) is 18.7. The van der Waals surface area contributed by atoms with E-state index in [2.05, 4.69) is 34.2 Å². The molecule has 0 aliphatic heterocycles. The summed E-state index contributed by atoms with van der Waals surface area (Å²) in [5.74, 6) is 2.42. The van der Waals surface area contributed by atoms with Crippen LogP contribution in [0.4, 0.5) is 0 Å². The van der Waals surface area contributed by atoms with Crippen LogP contribution in [0.3, 0.4) is 0 Å². The molecule has 0 aliphatic rings. The number of hydrogen-bond acceptors (Lipinski definition) is 4. The highest BCUT2D eigenvalue weighted by molar-refractivity contribution is 6.01. The van der Waals surface area contributed by atoms with E-state index in [1.54, 1.807) is 13.3 Å². The van der Waals surface area contributed by atoms with Gasteiger partial charge >= 0.3 is 0 Å². The Morgan fingerprint density at radius 2 is 1.76 bits per heavy atom. The molecule has 3 aromatic carbocycles. The van der Waals surface area contributed by atoms with Crippen molar-refractivity contribution in [2.75, 3.05) is 13.7 Å². The maximum absolute atomic E-state index is 6.12. The van der Waals surface area contributed by atoms with Gasteiger partial charge < -0.3 is 20.2 Å². The van der Waals surface area contributed by atoms with Crippen molar-refractivity contribution in [3.63, 3.8) is 0 Å². The summed E-state index contributed by atoms with van der Waals surface area (Å²) >= 11 is 0. The Morgan fingerprint density at radius 3 is 2.58 bits per heavy atom. The Hall–Kier alpha value is -3.83. The molecule has 0 bridgehead atoms. The average Bonchev–Trinajstić information content (AvgIpc) is 3.21. The largest absolute Gasteiger partial charge is 0.494 e. The van der Waals surface area contributed by atoms with Crippen LogP contribution in [-0.2, 0) is 6.42 Å². The van der Waals surface area contributed by atoms with Gasteiger partial charge in [0, 0.05) is 28.0 Å². The summed E-state index contributed by atoms with van der Waals surface area (Å²) in [4.78, 5) is 8.26. The number of nitrogens with two attached hydrogens (primary N) is 1. The summed E-state index contributed by atoms with van der Waals surface area (Å²) in [6.07, 6.45) is 4.73. The number of aryl methyl sites for hydroxylation is 1. The number of aromatic nitrogens is 2. The van der Waals surface area contributed by atoms with Crippen molar-refractivity contribution in [2.45, 2.75) is 19.3 Å². The standard InChI is InChI=1S/C28H27N3O2/c1-32-26-15-13-23(21-11-7-17-30-28(21)26)27-22(10-5-6-16-29)24-18-20(12-14-25(24)31-27)33-19-8-3-2-4-9-19/h2-4,7-9,11-15,17-18,31H,5-6,10,16,29H2,1H3. The number of aromatic amines is 1. The van der Waals surface area contributed by atoms with Crippen LogP contribution in [0.15, 0.2) is 79.0 Å². The van der Waals surface area contributed by atoms with Crippen LogP contribution in [0.1, 0.15) is 18.4 Å². The van der Waals surface area contributed by atoms with Crippen LogP contribution < -0.4 is 15.2 Å². The number of unbranched alkanes of at least 4 members (excludes halogenated alkanes) is 1. The van der Waals surface area contributed by atoms with E-state index in [9.17, 15) is 0 Å². The van der Waals surface area contributed by atoms with Gasteiger partial charge in [-0.05, 0) is 79.9 Å². The number of hydrogen-bond donors (Lipinski definition) is 2. The van der Waals surface area contributed by atoms with Crippen molar-refractivity contribution in [3.05, 3.63) is 84.6 Å². The molecule has 0 atom stereocenters. The molecule has 2 aromatic heterocycles. The Labute approximate surface area is 193 Å². The lowest BCUT2D eigenvalue weighted by Gasteiger charge is -2.11. The molecule has 3 N–H and O–H groups in total. The van der Waals surface area contributed by atoms with Crippen molar-refractivity contribution >= 4 is 21.8 Å². The van der Waals surface area contributed by atoms with Gasteiger partial charge in [0.05, 0.1) is 12.8 Å². The summed E-state index contributed by atoms with van der Waals surface area (Å²) in [6.45, 7) is 0.690. The van der Waals surface area contributed by atoms with Crippen LogP contribution in [0.5, 0.6) is 17.2 Å². The molecule has 5 heteroatoms. The molecular formula is C28H27N3O2. The van der Waals surface area contributed by atoms with Crippen LogP contribution in [-0.4, -0.2) is 23.6 Å². The SMILES string of the molecule is COc1ccc(-c2[nH]c3ccc(Oc4ccccc4)cc3c2CCCCN)c2cccnc12. The summed E-state index contributed by atoms with van der Waals surface area (Å²) < 4.78 is 11.7. The zero-order chi connectivity index (χ0) is 22.6. The number of nitrogens with zero attached hydrogens (tertiary/aromatic N) is 1. The lowest BCUT2D eigenvalue weighted by Crippen LogP contribution is -1.99. The molecule has 5 aromatic rings. The molecule has 0 spiro atoms. The maximum Gasteiger partial charge on any atom is 0.145 e. The molecular weight excluding hydrogens is 410 g/mol. The summed E-state index contributed by atoms with van der Waals surface area (Å²) in [5.41, 5.74) is 11.2. The molecule has 166 valence electrons. The van der Waals surface area contributed by atoms with Crippen molar-refractivity contribution < 1.29 is 9.47 Å². The van der Waals surface area contributed by atoms with Gasteiger partial charge in [0.2, 0.25) is 0 Å². The number of methoxy groups -OCH3 is 1. The Kier molecular flexibility index (Phi) is 5.96. The quantitative estimate of drug-likeness (QED) is 0.273. The molecule has 0 saturated heterocycles. The first-order valence-electron chi connectivity index (χ1n) is 11.3. The maximum atomic E-state index is 6.12. The first-order valence-corrected chi connectivity index (χ1v) is 11.3. The minimum absolute atomic E-state index is 0.690. The predicted octanol–water partition coefficient (Wildman–Crippen LogP) is 6.47. The van der Waals surface area contributed by atoms with E-state index in [0.29, 0.717) is 6.54 Å². The summed E-state index contributed by atoms with van der Waals surface area (Å²) in [7, 11) is 1.68. The number of ether oxygens (including phenoxy) is 2. The molecule has 0 amide bonds. The van der Waals surface area contributed by atoms with Gasteiger partial charge in [-0.3, -0.25) is 4.98 Å². The summed E-state index contributed by atoms with van der Waals surface area (Å²) in [6, 6.07) is 24.3. The van der Waals surface area contributed by atoms with E-state index in [0.717, 1.165) is 64.2 Å². The second-order valence-electron chi connectivity index (χ2n) is 8.06. The average molecular weight is 438 g/mol. The molecule has 5 nitrogen and oxygen atoms in total. The topological polar surface area (TPSA) is 73.2 Å². The highest BCUT2D eigenvalue weighted by atomic mass is 16.5. The fourth-order valence-electron chi connectivity index (χ4n) is 4.38. The first kappa shape index (κ1) is 21.0. The van der Waals surface area contributed by atoms with E-state index in [1.165, 1.54) is 10.9 Å². The molecule has 0 radical (unpaired) electrons. The Bertz CT molecular complexity index is 1390. The van der Waals surface area contributed by atoms with E-state index in [-0.39, 0.29) is 0 Å². The van der Waals surface area contributed by atoms with Crippen LogP contribution >= 0.6 is 0 Å². The van der Waals surface area contributed by atoms with Crippen molar-refractivity contribution in [1.82, 2.24) is 9.97 Å². The molecule has 0 aliphatic carbocycles. The third kappa shape index (κ3) is 4.15. The number of rotatable bonds is 8. The smallest absolute Gasteiger partial charge is 0.145 e. The molecule has 5 rings (SSSR count). The van der Waals surface area contributed by atoms with Gasteiger partial charge in [-0.2, -0.15) is 0 Å². The van der Waals surface area contributed by atoms with Gasteiger partial charge in [-0.15, -0.1) is 0 Å². The Balaban J connectivity index is 1.65. The van der Waals surface area contributed by atoms with E-state index < -0.39 is 0 Å². The highest BCUT2D eigenvalue weighted by Gasteiger charge is 2.17. The monoisotopic (exact) mass is 437 g/mol. The third-order valence-corrected chi connectivity index (χ3v) is 5.96. The van der Waals surface area contributed by atoms with Gasteiger partial charge in [0.25, 0.3) is 0 Å². The van der Waals surface area contributed by atoms with E-state index in [1.807, 2.05) is 48.5 Å². The molecule has 33 heavy (non-hydrogen) atoms. The van der Waals surface area contributed by atoms with Gasteiger partial charge in [0.15, 0.2) is 0 Å². The first-order chi connectivity index (χ1) is 16.3. The number of para-hydroxylation sites is 1. The van der Waals surface area contributed by atoms with Crippen LogP contribution in [0.25, 0.3) is 33.1 Å². The Morgan fingerprint density at radius 1 is 0.879 bits per heavy atom. The predicted molar refractivity (Wildman–Crippen MR) is 134 cm³/mol. The minimum Gasteiger partial charge on any atom is -0.494 e. The summed E-state index contributed by atoms with van der Waals surface area (Å²) in [5, 5.41) is 2.23. The van der Waals surface area contributed by atoms with Crippen molar-refractivity contribution in [1.29, 1.82) is 0 Å². The number of benzene rings is 3. The van der Waals surface area contributed by atoms with E-state index >= 15 is 0 Å².